The maximum atomic E-state index is 10.3. The van der Waals surface area contributed by atoms with Crippen LogP contribution in [-0.4, -0.2) is 48.3 Å². The van der Waals surface area contributed by atoms with Gasteiger partial charge in [-0.05, 0) is 19.8 Å². The Bertz CT molecular complexity index is 240. The fourth-order valence-corrected chi connectivity index (χ4v) is 1.95. The van der Waals surface area contributed by atoms with E-state index in [4.69, 9.17) is 9.84 Å². The van der Waals surface area contributed by atoms with Gasteiger partial charge in [0.2, 0.25) is 0 Å². The van der Waals surface area contributed by atoms with Gasteiger partial charge in [-0.15, -0.1) is 0 Å². The molecule has 1 N–H and O–H groups in total. The first-order chi connectivity index (χ1) is 7.13. The van der Waals surface area contributed by atoms with Gasteiger partial charge < -0.3 is 9.84 Å². The number of ether oxygens (including phenoxy) is 1. The average molecular weight is 213 g/mol. The third-order valence-corrected chi connectivity index (χ3v) is 2.90. The minimum absolute atomic E-state index is 0.361. The molecule has 1 heterocycles. The van der Waals surface area contributed by atoms with E-state index in [0.29, 0.717) is 18.7 Å². The Hall–Kier alpha value is -0.870. The summed E-state index contributed by atoms with van der Waals surface area (Å²) in [6, 6.07) is 0.460. The van der Waals surface area contributed by atoms with Gasteiger partial charge in [0.05, 0.1) is 6.10 Å². The summed E-state index contributed by atoms with van der Waals surface area (Å²) in [5.74, 6) is -0.880. The highest BCUT2D eigenvalue weighted by molar-refractivity contribution is 5.79. The monoisotopic (exact) mass is 213 g/mol. The number of carboxylic acid groups (broad SMARTS) is 1. The predicted octanol–water partition coefficient (Wildman–Crippen LogP) is 1.13. The van der Waals surface area contributed by atoms with Crippen LogP contribution in [0.2, 0.25) is 0 Å². The molecule has 1 rings (SSSR count). The first-order valence-electron chi connectivity index (χ1n) is 5.29. The molecule has 0 amide bonds. The first-order valence-corrected chi connectivity index (χ1v) is 5.29. The molecule has 0 aromatic carbocycles. The van der Waals surface area contributed by atoms with Crippen LogP contribution in [0.1, 0.15) is 19.8 Å². The lowest BCUT2D eigenvalue weighted by Crippen LogP contribution is -2.43. The molecule has 86 valence electrons. The van der Waals surface area contributed by atoms with Crippen molar-refractivity contribution in [1.82, 2.24) is 4.90 Å². The van der Waals surface area contributed by atoms with Gasteiger partial charge in [-0.2, -0.15) is 0 Å². The van der Waals surface area contributed by atoms with E-state index in [1.54, 1.807) is 13.2 Å². The Balaban J connectivity index is 2.34. The molecule has 15 heavy (non-hydrogen) atoms. The molecule has 2 unspecified atom stereocenters. The van der Waals surface area contributed by atoms with Crippen LogP contribution in [0.4, 0.5) is 0 Å². The largest absolute Gasteiger partial charge is 0.478 e. The van der Waals surface area contributed by atoms with Crippen LogP contribution in [0, 0.1) is 0 Å². The molecule has 0 bridgehead atoms. The van der Waals surface area contributed by atoms with Crippen molar-refractivity contribution in [2.75, 3.05) is 20.2 Å². The molecule has 4 heteroatoms. The second kappa shape index (κ2) is 5.88. The Morgan fingerprint density at radius 2 is 2.40 bits per heavy atom. The zero-order valence-electron chi connectivity index (χ0n) is 9.35. The van der Waals surface area contributed by atoms with Crippen molar-refractivity contribution in [3.63, 3.8) is 0 Å². The molecule has 0 aromatic heterocycles. The molecule has 1 fully saturated rings. The maximum absolute atomic E-state index is 10.3. The minimum atomic E-state index is -0.880. The third-order valence-electron chi connectivity index (χ3n) is 2.90. The second-order valence-electron chi connectivity index (χ2n) is 3.97. The number of hydrogen-bond acceptors (Lipinski definition) is 3. The Labute approximate surface area is 90.5 Å². The van der Waals surface area contributed by atoms with Gasteiger partial charge in [-0.3, -0.25) is 4.90 Å². The van der Waals surface area contributed by atoms with Crippen molar-refractivity contribution >= 4 is 5.97 Å². The molecule has 1 saturated heterocycles. The van der Waals surface area contributed by atoms with Crippen molar-refractivity contribution in [2.45, 2.75) is 31.9 Å². The molecule has 0 spiro atoms. The van der Waals surface area contributed by atoms with Crippen molar-refractivity contribution in [2.24, 2.45) is 0 Å². The first kappa shape index (κ1) is 12.2. The Morgan fingerprint density at radius 1 is 1.67 bits per heavy atom. The SMILES string of the molecule is COC1CCN(CC=CC(=O)O)C(C)C1. The van der Waals surface area contributed by atoms with Gasteiger partial charge in [0.25, 0.3) is 0 Å². The quantitative estimate of drug-likeness (QED) is 0.711. The average Bonchev–Trinajstić information content (AvgIpc) is 2.20. The van der Waals surface area contributed by atoms with E-state index in [9.17, 15) is 4.79 Å². The smallest absolute Gasteiger partial charge is 0.328 e. The van der Waals surface area contributed by atoms with Crippen LogP contribution in [-0.2, 0) is 9.53 Å². The molecule has 2 atom stereocenters. The zero-order valence-corrected chi connectivity index (χ0v) is 9.35. The molecule has 0 radical (unpaired) electrons. The maximum Gasteiger partial charge on any atom is 0.328 e. The lowest BCUT2D eigenvalue weighted by Gasteiger charge is -2.36. The number of rotatable bonds is 4. The van der Waals surface area contributed by atoms with Gasteiger partial charge in [0.1, 0.15) is 0 Å². The molecule has 1 aliphatic rings. The van der Waals surface area contributed by atoms with E-state index in [0.717, 1.165) is 19.4 Å². The van der Waals surface area contributed by atoms with Crippen molar-refractivity contribution in [3.05, 3.63) is 12.2 Å². The summed E-state index contributed by atoms with van der Waals surface area (Å²) >= 11 is 0. The second-order valence-corrected chi connectivity index (χ2v) is 3.97. The Kier molecular flexibility index (Phi) is 4.78. The van der Waals surface area contributed by atoms with Crippen molar-refractivity contribution < 1.29 is 14.6 Å². The molecular formula is C11H19NO3. The fraction of sp³-hybridized carbons (Fsp3) is 0.727. The van der Waals surface area contributed by atoms with Crippen LogP contribution in [0.15, 0.2) is 12.2 Å². The number of aliphatic carboxylic acids is 1. The van der Waals surface area contributed by atoms with Crippen LogP contribution in [0.3, 0.4) is 0 Å². The third kappa shape index (κ3) is 4.01. The van der Waals surface area contributed by atoms with E-state index in [1.807, 2.05) is 0 Å². The van der Waals surface area contributed by atoms with Gasteiger partial charge in [0.15, 0.2) is 0 Å². The van der Waals surface area contributed by atoms with Gasteiger partial charge in [-0.1, -0.05) is 6.08 Å². The normalized spacial score (nSPS) is 28.4. The fourth-order valence-electron chi connectivity index (χ4n) is 1.95. The van der Waals surface area contributed by atoms with Crippen molar-refractivity contribution in [1.29, 1.82) is 0 Å². The topological polar surface area (TPSA) is 49.8 Å². The molecule has 4 nitrogen and oxygen atoms in total. The Morgan fingerprint density at radius 3 is 2.93 bits per heavy atom. The van der Waals surface area contributed by atoms with E-state index in [-0.39, 0.29) is 0 Å². The zero-order chi connectivity index (χ0) is 11.3. The summed E-state index contributed by atoms with van der Waals surface area (Å²) < 4.78 is 5.31. The number of piperidine rings is 1. The van der Waals surface area contributed by atoms with E-state index in [1.165, 1.54) is 6.08 Å². The highest BCUT2D eigenvalue weighted by atomic mass is 16.5. The molecule has 0 saturated carbocycles. The lowest BCUT2D eigenvalue weighted by molar-refractivity contribution is -0.131. The van der Waals surface area contributed by atoms with Crippen LogP contribution in [0.5, 0.6) is 0 Å². The molecule has 0 aliphatic carbocycles. The van der Waals surface area contributed by atoms with Crippen LogP contribution in [0.25, 0.3) is 0 Å². The lowest BCUT2D eigenvalue weighted by atomic mass is 10.0. The van der Waals surface area contributed by atoms with E-state index >= 15 is 0 Å². The highest BCUT2D eigenvalue weighted by Crippen LogP contribution is 2.18. The number of carbonyl (C=O) groups is 1. The number of likely N-dealkylation sites (tertiary alicyclic amines) is 1. The van der Waals surface area contributed by atoms with E-state index < -0.39 is 5.97 Å². The molecule has 1 aliphatic heterocycles. The van der Waals surface area contributed by atoms with Gasteiger partial charge in [-0.25, -0.2) is 4.79 Å². The summed E-state index contributed by atoms with van der Waals surface area (Å²) in [5.41, 5.74) is 0. The van der Waals surface area contributed by atoms with Crippen LogP contribution >= 0.6 is 0 Å². The van der Waals surface area contributed by atoms with Gasteiger partial charge in [0, 0.05) is 32.3 Å². The van der Waals surface area contributed by atoms with E-state index in [2.05, 4.69) is 11.8 Å². The standard InChI is InChI=1S/C11H19NO3/c1-9-8-10(15-2)5-7-12(9)6-3-4-11(13)14/h3-4,9-10H,5-8H2,1-2H3,(H,13,14). The summed E-state index contributed by atoms with van der Waals surface area (Å²) in [5, 5.41) is 8.46. The number of nitrogens with zero attached hydrogens (tertiary/aromatic N) is 1. The summed E-state index contributed by atoms with van der Waals surface area (Å²) in [4.78, 5) is 12.6. The molecule has 0 aromatic rings. The predicted molar refractivity (Wildman–Crippen MR) is 57.8 cm³/mol. The summed E-state index contributed by atoms with van der Waals surface area (Å²) in [6.07, 6.45) is 5.32. The minimum Gasteiger partial charge on any atom is -0.478 e. The number of carboxylic acids is 1. The summed E-state index contributed by atoms with van der Waals surface area (Å²) in [7, 11) is 1.75. The highest BCUT2D eigenvalue weighted by Gasteiger charge is 2.23. The number of methoxy groups -OCH3 is 1. The van der Waals surface area contributed by atoms with Gasteiger partial charge >= 0.3 is 5.97 Å². The summed E-state index contributed by atoms with van der Waals surface area (Å²) in [6.45, 7) is 3.84. The van der Waals surface area contributed by atoms with Crippen LogP contribution < -0.4 is 0 Å². The molecular weight excluding hydrogens is 194 g/mol. The van der Waals surface area contributed by atoms with Crippen molar-refractivity contribution in [3.8, 4) is 0 Å². The number of hydrogen-bond donors (Lipinski definition) is 1.